The molecular weight excluding hydrogens is 366 g/mol. The molecule has 1 saturated heterocycles. The Hall–Kier alpha value is -2.42. The van der Waals surface area contributed by atoms with Gasteiger partial charge in [-0.25, -0.2) is 13.6 Å². The Kier molecular flexibility index (Phi) is 5.50. The number of hydrogen-bond donors (Lipinski definition) is 2. The van der Waals surface area contributed by atoms with Crippen LogP contribution in [0.2, 0.25) is 0 Å². The molecule has 7 nitrogen and oxygen atoms in total. The number of carbonyl (C=O) groups excluding carboxylic acids is 1. The summed E-state index contributed by atoms with van der Waals surface area (Å²) >= 11 is 0. The van der Waals surface area contributed by atoms with Crippen LogP contribution in [0.15, 0.2) is 53.4 Å². The van der Waals surface area contributed by atoms with Gasteiger partial charge in [-0.15, -0.1) is 0 Å². The minimum atomic E-state index is -3.92. The van der Waals surface area contributed by atoms with Crippen molar-refractivity contribution in [3.05, 3.63) is 59.7 Å². The fourth-order valence-corrected chi connectivity index (χ4v) is 4.10. The fraction of sp³-hybridized carbons (Fsp3) is 0.316. The second-order valence-electron chi connectivity index (χ2n) is 6.63. The standard InChI is InChI=1S/C19H23N3O4S/c1-26-18-8-7-15(27(21,24)25)9-16(18)19(23)22-11-14(10-20)17(12-22)13-5-3-2-4-6-13/h2-9,14,17H,10-12,20H2,1H3,(H2,21,24,25)/t14-,17+/m1/s1. The predicted molar refractivity (Wildman–Crippen MR) is 102 cm³/mol. The van der Waals surface area contributed by atoms with Gasteiger partial charge >= 0.3 is 0 Å². The monoisotopic (exact) mass is 389 g/mol. The number of hydrogen-bond acceptors (Lipinski definition) is 5. The molecule has 3 rings (SSSR count). The third-order valence-corrected chi connectivity index (χ3v) is 5.90. The number of amides is 1. The summed E-state index contributed by atoms with van der Waals surface area (Å²) in [5.74, 6) is 0.269. The average Bonchev–Trinajstić information content (AvgIpc) is 3.11. The van der Waals surface area contributed by atoms with Crippen molar-refractivity contribution >= 4 is 15.9 Å². The van der Waals surface area contributed by atoms with Crippen LogP contribution in [0.4, 0.5) is 0 Å². The summed E-state index contributed by atoms with van der Waals surface area (Å²) in [5, 5.41) is 5.20. The summed E-state index contributed by atoms with van der Waals surface area (Å²) in [5.41, 5.74) is 7.25. The molecule has 27 heavy (non-hydrogen) atoms. The number of benzene rings is 2. The maximum absolute atomic E-state index is 13.1. The molecule has 1 aliphatic heterocycles. The highest BCUT2D eigenvalue weighted by molar-refractivity contribution is 7.89. The Morgan fingerprint density at radius 1 is 1.19 bits per heavy atom. The SMILES string of the molecule is COc1ccc(S(N)(=O)=O)cc1C(=O)N1C[C@@H](CN)[C@H](c2ccccc2)C1. The van der Waals surface area contributed by atoms with Gasteiger partial charge in [-0.3, -0.25) is 4.79 Å². The first-order chi connectivity index (χ1) is 12.8. The van der Waals surface area contributed by atoms with Crippen molar-refractivity contribution in [2.24, 2.45) is 16.8 Å². The second kappa shape index (κ2) is 7.67. The van der Waals surface area contributed by atoms with Crippen molar-refractivity contribution in [2.75, 3.05) is 26.7 Å². The van der Waals surface area contributed by atoms with Crippen LogP contribution >= 0.6 is 0 Å². The van der Waals surface area contributed by atoms with Gasteiger partial charge in [0.05, 0.1) is 17.6 Å². The summed E-state index contributed by atoms with van der Waals surface area (Å²) < 4.78 is 28.6. The lowest BCUT2D eigenvalue weighted by Crippen LogP contribution is -2.30. The molecule has 8 heteroatoms. The lowest BCUT2D eigenvalue weighted by atomic mass is 9.89. The molecule has 0 spiro atoms. The molecule has 0 saturated carbocycles. The number of nitrogens with zero attached hydrogens (tertiary/aromatic N) is 1. The molecule has 0 aliphatic carbocycles. The van der Waals surface area contributed by atoms with Crippen molar-refractivity contribution in [1.29, 1.82) is 0 Å². The van der Waals surface area contributed by atoms with E-state index in [1.54, 1.807) is 4.90 Å². The Morgan fingerprint density at radius 3 is 2.48 bits per heavy atom. The highest BCUT2D eigenvalue weighted by Crippen LogP contribution is 2.34. The van der Waals surface area contributed by atoms with Gasteiger partial charge in [-0.1, -0.05) is 30.3 Å². The average molecular weight is 389 g/mol. The third-order valence-electron chi connectivity index (χ3n) is 4.99. The van der Waals surface area contributed by atoms with Crippen LogP contribution in [0.3, 0.4) is 0 Å². The first-order valence-corrected chi connectivity index (χ1v) is 10.1. The van der Waals surface area contributed by atoms with Crippen LogP contribution in [-0.2, 0) is 10.0 Å². The van der Waals surface area contributed by atoms with E-state index in [1.807, 2.05) is 30.3 Å². The largest absolute Gasteiger partial charge is 0.496 e. The van der Waals surface area contributed by atoms with Gasteiger partial charge in [-0.05, 0) is 36.2 Å². The predicted octanol–water partition coefficient (Wildman–Crippen LogP) is 1.16. The zero-order chi connectivity index (χ0) is 19.6. The number of ether oxygens (including phenoxy) is 1. The van der Waals surface area contributed by atoms with Gasteiger partial charge in [0.25, 0.3) is 5.91 Å². The Balaban J connectivity index is 1.92. The zero-order valence-electron chi connectivity index (χ0n) is 15.0. The molecule has 1 heterocycles. The van der Waals surface area contributed by atoms with E-state index in [2.05, 4.69) is 0 Å². The molecule has 144 valence electrons. The normalized spacial score (nSPS) is 19.9. The molecule has 0 radical (unpaired) electrons. The number of methoxy groups -OCH3 is 1. The fourth-order valence-electron chi connectivity index (χ4n) is 3.56. The highest BCUT2D eigenvalue weighted by Gasteiger charge is 2.36. The lowest BCUT2D eigenvalue weighted by molar-refractivity contribution is 0.0783. The molecule has 2 atom stereocenters. The van der Waals surface area contributed by atoms with E-state index in [0.29, 0.717) is 25.4 Å². The lowest BCUT2D eigenvalue weighted by Gasteiger charge is -2.19. The number of primary sulfonamides is 1. The highest BCUT2D eigenvalue weighted by atomic mass is 32.2. The number of nitrogens with two attached hydrogens (primary N) is 2. The molecule has 2 aromatic carbocycles. The Bertz CT molecular complexity index is 931. The number of sulfonamides is 1. The number of likely N-dealkylation sites (tertiary alicyclic amines) is 1. The van der Waals surface area contributed by atoms with E-state index in [9.17, 15) is 13.2 Å². The van der Waals surface area contributed by atoms with Crippen LogP contribution in [0.5, 0.6) is 5.75 Å². The van der Waals surface area contributed by atoms with Crippen LogP contribution in [0.25, 0.3) is 0 Å². The zero-order valence-corrected chi connectivity index (χ0v) is 15.9. The van der Waals surface area contributed by atoms with Gasteiger partial charge < -0.3 is 15.4 Å². The van der Waals surface area contributed by atoms with Crippen molar-refractivity contribution in [3.63, 3.8) is 0 Å². The van der Waals surface area contributed by atoms with Crippen LogP contribution in [-0.4, -0.2) is 46.0 Å². The molecule has 0 aromatic heterocycles. The molecule has 2 aromatic rings. The molecule has 1 aliphatic rings. The van der Waals surface area contributed by atoms with Gasteiger partial charge in [0.1, 0.15) is 5.75 Å². The topological polar surface area (TPSA) is 116 Å². The molecule has 1 amide bonds. The number of rotatable bonds is 5. The smallest absolute Gasteiger partial charge is 0.257 e. The maximum atomic E-state index is 13.1. The van der Waals surface area contributed by atoms with Crippen molar-refractivity contribution in [3.8, 4) is 5.75 Å². The maximum Gasteiger partial charge on any atom is 0.257 e. The van der Waals surface area contributed by atoms with E-state index < -0.39 is 10.0 Å². The van der Waals surface area contributed by atoms with Gasteiger partial charge in [0, 0.05) is 19.0 Å². The molecule has 1 fully saturated rings. The third kappa shape index (κ3) is 3.97. The summed E-state index contributed by atoms with van der Waals surface area (Å²) in [6.07, 6.45) is 0. The minimum Gasteiger partial charge on any atom is -0.496 e. The Labute approximate surface area is 159 Å². The summed E-state index contributed by atoms with van der Waals surface area (Å²) in [6, 6.07) is 14.0. The molecule has 0 bridgehead atoms. The van der Waals surface area contributed by atoms with Gasteiger partial charge in [0.2, 0.25) is 10.0 Å². The van der Waals surface area contributed by atoms with Crippen molar-refractivity contribution in [1.82, 2.24) is 4.90 Å². The second-order valence-corrected chi connectivity index (χ2v) is 8.19. The van der Waals surface area contributed by atoms with E-state index in [1.165, 1.54) is 25.3 Å². The summed E-state index contributed by atoms with van der Waals surface area (Å²) in [7, 11) is -2.49. The molecule has 4 N–H and O–H groups in total. The first-order valence-electron chi connectivity index (χ1n) is 8.60. The van der Waals surface area contributed by atoms with E-state index in [4.69, 9.17) is 15.6 Å². The van der Waals surface area contributed by atoms with Crippen molar-refractivity contribution in [2.45, 2.75) is 10.8 Å². The summed E-state index contributed by atoms with van der Waals surface area (Å²) in [4.78, 5) is 14.7. The minimum absolute atomic E-state index is 0.124. The molecular formula is C19H23N3O4S. The van der Waals surface area contributed by atoms with Gasteiger partial charge in [-0.2, -0.15) is 0 Å². The van der Waals surface area contributed by atoms with Crippen molar-refractivity contribution < 1.29 is 17.9 Å². The quantitative estimate of drug-likeness (QED) is 0.796. The Morgan fingerprint density at radius 2 is 1.89 bits per heavy atom. The molecule has 0 unspecified atom stereocenters. The van der Waals surface area contributed by atoms with E-state index in [0.717, 1.165) is 5.56 Å². The van der Waals surface area contributed by atoms with E-state index in [-0.39, 0.29) is 28.2 Å². The first kappa shape index (κ1) is 19.3. The van der Waals surface area contributed by atoms with E-state index >= 15 is 0 Å². The van der Waals surface area contributed by atoms with Crippen LogP contribution < -0.4 is 15.6 Å². The number of carbonyl (C=O) groups is 1. The van der Waals surface area contributed by atoms with Crippen LogP contribution in [0, 0.1) is 5.92 Å². The summed E-state index contributed by atoms with van der Waals surface area (Å²) in [6.45, 7) is 1.46. The van der Waals surface area contributed by atoms with Gasteiger partial charge in [0.15, 0.2) is 0 Å². The van der Waals surface area contributed by atoms with Crippen LogP contribution in [0.1, 0.15) is 21.8 Å².